The summed E-state index contributed by atoms with van der Waals surface area (Å²) in [6, 6.07) is 0.493. The van der Waals surface area contributed by atoms with Crippen molar-refractivity contribution < 1.29 is 19.4 Å². The summed E-state index contributed by atoms with van der Waals surface area (Å²) in [5, 5.41) is 11.8. The number of amides is 1. The van der Waals surface area contributed by atoms with Crippen molar-refractivity contribution >= 4 is 11.9 Å². The molecule has 0 bridgehead atoms. The number of likely N-dealkylation sites (N-methyl/N-ethyl adjacent to an activating group) is 1. The highest BCUT2D eigenvalue weighted by molar-refractivity contribution is 5.76. The Morgan fingerprint density at radius 1 is 1.35 bits per heavy atom. The van der Waals surface area contributed by atoms with Gasteiger partial charge in [0.2, 0.25) is 5.91 Å². The number of methoxy groups -OCH3 is 1. The molecule has 0 heterocycles. The Labute approximate surface area is 120 Å². The fourth-order valence-electron chi connectivity index (χ4n) is 2.51. The number of nitrogens with zero attached hydrogens (tertiary/aromatic N) is 1. The van der Waals surface area contributed by atoms with Crippen LogP contribution in [0.1, 0.15) is 39.0 Å². The van der Waals surface area contributed by atoms with E-state index >= 15 is 0 Å². The summed E-state index contributed by atoms with van der Waals surface area (Å²) in [7, 11) is 1.66. The molecule has 0 saturated heterocycles. The van der Waals surface area contributed by atoms with Crippen LogP contribution in [0.15, 0.2) is 0 Å². The third-order valence-corrected chi connectivity index (χ3v) is 3.74. The van der Waals surface area contributed by atoms with E-state index in [2.05, 4.69) is 5.32 Å². The van der Waals surface area contributed by atoms with Gasteiger partial charge in [0, 0.05) is 32.2 Å². The largest absolute Gasteiger partial charge is 0.480 e. The van der Waals surface area contributed by atoms with Crippen LogP contribution in [0.2, 0.25) is 0 Å². The highest BCUT2D eigenvalue weighted by Crippen LogP contribution is 2.25. The molecule has 6 nitrogen and oxygen atoms in total. The fourth-order valence-corrected chi connectivity index (χ4v) is 2.51. The summed E-state index contributed by atoms with van der Waals surface area (Å²) >= 11 is 0. The zero-order chi connectivity index (χ0) is 15.0. The molecule has 1 rings (SSSR count). The maximum atomic E-state index is 11.7. The lowest BCUT2D eigenvalue weighted by Gasteiger charge is -2.42. The van der Waals surface area contributed by atoms with Gasteiger partial charge >= 0.3 is 5.97 Å². The second-order valence-corrected chi connectivity index (χ2v) is 5.30. The first-order valence-corrected chi connectivity index (χ1v) is 7.31. The molecule has 0 unspecified atom stereocenters. The van der Waals surface area contributed by atoms with Gasteiger partial charge in [0.1, 0.15) is 0 Å². The van der Waals surface area contributed by atoms with Crippen LogP contribution in [0, 0.1) is 0 Å². The molecule has 1 saturated carbocycles. The number of hydrogen-bond acceptors (Lipinski definition) is 4. The van der Waals surface area contributed by atoms with Crippen molar-refractivity contribution in [3.8, 4) is 0 Å². The predicted octanol–water partition coefficient (Wildman–Crippen LogP) is 0.857. The van der Waals surface area contributed by atoms with E-state index in [1.165, 1.54) is 0 Å². The summed E-state index contributed by atoms with van der Waals surface area (Å²) in [4.78, 5) is 24.3. The molecule has 20 heavy (non-hydrogen) atoms. The van der Waals surface area contributed by atoms with E-state index < -0.39 is 5.97 Å². The maximum Gasteiger partial charge on any atom is 0.317 e. The monoisotopic (exact) mass is 286 g/mol. The number of nitrogens with one attached hydrogen (secondary N) is 1. The molecule has 1 aliphatic carbocycles. The van der Waals surface area contributed by atoms with Gasteiger partial charge in [-0.15, -0.1) is 0 Å². The number of unbranched alkanes of at least 4 members (excludes halogenated alkanes) is 1. The van der Waals surface area contributed by atoms with Gasteiger partial charge < -0.3 is 15.2 Å². The average molecular weight is 286 g/mol. The zero-order valence-electron chi connectivity index (χ0n) is 12.4. The number of carbonyl (C=O) groups is 2. The van der Waals surface area contributed by atoms with Crippen LogP contribution in [0.25, 0.3) is 0 Å². The van der Waals surface area contributed by atoms with Gasteiger partial charge in [-0.05, 0) is 32.2 Å². The number of carboxylic acids is 1. The minimum Gasteiger partial charge on any atom is -0.480 e. The summed E-state index contributed by atoms with van der Waals surface area (Å²) in [6.45, 7) is 3.47. The van der Waals surface area contributed by atoms with Gasteiger partial charge in [-0.3, -0.25) is 14.5 Å². The lowest BCUT2D eigenvalue weighted by molar-refractivity contribution is -0.139. The molecule has 0 aromatic heterocycles. The Morgan fingerprint density at radius 2 is 2.05 bits per heavy atom. The van der Waals surface area contributed by atoms with Gasteiger partial charge in [0.05, 0.1) is 6.54 Å². The highest BCUT2D eigenvalue weighted by atomic mass is 16.5. The Balaban J connectivity index is 2.14. The number of rotatable bonds is 10. The Morgan fingerprint density at radius 3 is 2.60 bits per heavy atom. The van der Waals surface area contributed by atoms with E-state index in [1.54, 1.807) is 7.11 Å². The SMILES string of the molecule is CCN(CC(=O)O)C1CC(NC(=O)CCCCOC)C1. The normalized spacial score (nSPS) is 21.6. The zero-order valence-corrected chi connectivity index (χ0v) is 12.4. The third kappa shape index (κ3) is 5.88. The van der Waals surface area contributed by atoms with Crippen LogP contribution in [0.5, 0.6) is 0 Å². The van der Waals surface area contributed by atoms with E-state index in [-0.39, 0.29) is 24.5 Å². The molecular weight excluding hydrogens is 260 g/mol. The van der Waals surface area contributed by atoms with Crippen molar-refractivity contribution in [1.82, 2.24) is 10.2 Å². The second-order valence-electron chi connectivity index (χ2n) is 5.30. The van der Waals surface area contributed by atoms with Gasteiger partial charge in [-0.25, -0.2) is 0 Å². The number of carbonyl (C=O) groups excluding carboxylic acids is 1. The summed E-state index contributed by atoms with van der Waals surface area (Å²) in [5.41, 5.74) is 0. The average Bonchev–Trinajstić information content (AvgIpc) is 2.36. The molecular formula is C14H26N2O4. The molecule has 0 aliphatic heterocycles. The quantitative estimate of drug-likeness (QED) is 0.582. The van der Waals surface area contributed by atoms with Crippen LogP contribution in [-0.4, -0.2) is 60.8 Å². The van der Waals surface area contributed by atoms with Crippen LogP contribution in [0.4, 0.5) is 0 Å². The van der Waals surface area contributed by atoms with Crippen molar-refractivity contribution in [2.24, 2.45) is 0 Å². The standard InChI is InChI=1S/C14H26N2O4/c1-3-16(10-14(18)19)12-8-11(9-12)15-13(17)6-4-5-7-20-2/h11-12H,3-10H2,1-2H3,(H,15,17)(H,18,19). The van der Waals surface area contributed by atoms with Gasteiger partial charge in [0.25, 0.3) is 0 Å². The van der Waals surface area contributed by atoms with Gasteiger partial charge in [0.15, 0.2) is 0 Å². The Kier molecular flexibility index (Phi) is 7.54. The van der Waals surface area contributed by atoms with Crippen LogP contribution >= 0.6 is 0 Å². The molecule has 116 valence electrons. The van der Waals surface area contributed by atoms with Crippen molar-refractivity contribution in [1.29, 1.82) is 0 Å². The number of aliphatic carboxylic acids is 1. The van der Waals surface area contributed by atoms with E-state index in [1.807, 2.05) is 11.8 Å². The molecule has 0 spiro atoms. The van der Waals surface area contributed by atoms with Gasteiger partial charge in [-0.1, -0.05) is 6.92 Å². The number of ether oxygens (including phenoxy) is 1. The smallest absolute Gasteiger partial charge is 0.317 e. The molecule has 0 atom stereocenters. The minimum absolute atomic E-state index is 0.0822. The molecule has 1 amide bonds. The molecule has 1 aliphatic rings. The molecule has 1 fully saturated rings. The first-order chi connectivity index (χ1) is 9.56. The van der Waals surface area contributed by atoms with Crippen molar-refractivity contribution in [3.63, 3.8) is 0 Å². The minimum atomic E-state index is -0.794. The van der Waals surface area contributed by atoms with Gasteiger partial charge in [-0.2, -0.15) is 0 Å². The molecule has 2 N–H and O–H groups in total. The summed E-state index contributed by atoms with van der Waals surface area (Å²) in [6.07, 6.45) is 3.99. The summed E-state index contributed by atoms with van der Waals surface area (Å²) in [5.74, 6) is -0.705. The van der Waals surface area contributed by atoms with Crippen molar-refractivity contribution in [3.05, 3.63) is 0 Å². The van der Waals surface area contributed by atoms with E-state index in [9.17, 15) is 9.59 Å². The molecule has 0 aromatic rings. The van der Waals surface area contributed by atoms with E-state index in [0.29, 0.717) is 13.0 Å². The van der Waals surface area contributed by atoms with Crippen molar-refractivity contribution in [2.45, 2.75) is 51.1 Å². The molecule has 6 heteroatoms. The van der Waals surface area contributed by atoms with Crippen LogP contribution in [0.3, 0.4) is 0 Å². The fraction of sp³-hybridized carbons (Fsp3) is 0.857. The molecule has 0 aromatic carbocycles. The second kappa shape index (κ2) is 8.92. The van der Waals surface area contributed by atoms with Crippen LogP contribution in [-0.2, 0) is 14.3 Å². The Bertz CT molecular complexity index is 316. The summed E-state index contributed by atoms with van der Waals surface area (Å²) < 4.78 is 4.94. The maximum absolute atomic E-state index is 11.7. The first kappa shape index (κ1) is 16.9. The lowest BCUT2D eigenvalue weighted by atomic mass is 9.85. The van der Waals surface area contributed by atoms with Crippen molar-refractivity contribution in [2.75, 3.05) is 26.8 Å². The third-order valence-electron chi connectivity index (χ3n) is 3.74. The molecule has 0 radical (unpaired) electrons. The lowest BCUT2D eigenvalue weighted by Crippen LogP contribution is -2.54. The number of hydrogen-bond donors (Lipinski definition) is 2. The predicted molar refractivity (Wildman–Crippen MR) is 75.6 cm³/mol. The van der Waals surface area contributed by atoms with E-state index in [4.69, 9.17) is 9.84 Å². The van der Waals surface area contributed by atoms with Crippen LogP contribution < -0.4 is 5.32 Å². The van der Waals surface area contributed by atoms with E-state index in [0.717, 1.165) is 32.2 Å². The topological polar surface area (TPSA) is 78.9 Å². The first-order valence-electron chi connectivity index (χ1n) is 7.31. The highest BCUT2D eigenvalue weighted by Gasteiger charge is 2.34. The Hall–Kier alpha value is -1.14. The number of carboxylic acid groups (broad SMARTS) is 1.